The van der Waals surface area contributed by atoms with Crippen LogP contribution in [0, 0.1) is 0 Å². The third-order valence-corrected chi connectivity index (χ3v) is 3.78. The number of hydrogen-bond donors (Lipinski definition) is 2. The molecule has 122 valence electrons. The molecule has 1 atom stereocenters. The Labute approximate surface area is 137 Å². The third kappa shape index (κ3) is 5.11. The summed E-state index contributed by atoms with van der Waals surface area (Å²) in [6.07, 6.45) is 1.33. The summed E-state index contributed by atoms with van der Waals surface area (Å²) >= 11 is 0. The van der Waals surface area contributed by atoms with Gasteiger partial charge in [0.2, 0.25) is 0 Å². The van der Waals surface area contributed by atoms with Crippen molar-refractivity contribution in [3.8, 4) is 5.75 Å². The molecule has 2 aromatic carbocycles. The quantitative estimate of drug-likeness (QED) is 0.826. The summed E-state index contributed by atoms with van der Waals surface area (Å²) in [6, 6.07) is 17.0. The standard InChI is InChI=1S/C19H23NO3/c1-19(22,13-12-15-8-4-3-5-9-15)14-20-18(21)16-10-6-7-11-17(16)23-2/h3-11,22H,12-14H2,1-2H3,(H,20,21). The minimum absolute atomic E-state index is 0.191. The van der Waals surface area contributed by atoms with Crippen molar-refractivity contribution in [1.29, 1.82) is 0 Å². The van der Waals surface area contributed by atoms with Gasteiger partial charge < -0.3 is 15.2 Å². The molecule has 0 aliphatic carbocycles. The number of rotatable bonds is 7. The van der Waals surface area contributed by atoms with Crippen LogP contribution in [0.25, 0.3) is 0 Å². The Morgan fingerprint density at radius 1 is 1.13 bits per heavy atom. The van der Waals surface area contributed by atoms with Crippen LogP contribution < -0.4 is 10.1 Å². The molecule has 0 aliphatic heterocycles. The summed E-state index contributed by atoms with van der Waals surface area (Å²) in [5.41, 5.74) is 0.672. The first-order valence-corrected chi connectivity index (χ1v) is 7.69. The molecular formula is C19H23NO3. The van der Waals surface area contributed by atoms with Crippen molar-refractivity contribution in [1.82, 2.24) is 5.32 Å². The predicted molar refractivity (Wildman–Crippen MR) is 90.7 cm³/mol. The number of aliphatic hydroxyl groups is 1. The molecule has 0 saturated heterocycles. The maximum Gasteiger partial charge on any atom is 0.255 e. The lowest BCUT2D eigenvalue weighted by Crippen LogP contribution is -2.41. The highest BCUT2D eigenvalue weighted by molar-refractivity contribution is 5.96. The van der Waals surface area contributed by atoms with E-state index in [1.165, 1.54) is 12.7 Å². The van der Waals surface area contributed by atoms with Gasteiger partial charge in [-0.15, -0.1) is 0 Å². The third-order valence-electron chi connectivity index (χ3n) is 3.78. The fourth-order valence-corrected chi connectivity index (χ4v) is 2.34. The van der Waals surface area contributed by atoms with E-state index in [2.05, 4.69) is 5.32 Å². The van der Waals surface area contributed by atoms with Crippen LogP contribution in [0.4, 0.5) is 0 Å². The van der Waals surface area contributed by atoms with E-state index in [9.17, 15) is 9.90 Å². The summed E-state index contributed by atoms with van der Waals surface area (Å²) < 4.78 is 5.18. The van der Waals surface area contributed by atoms with Gasteiger partial charge in [0.25, 0.3) is 5.91 Å². The molecule has 0 spiro atoms. The Hall–Kier alpha value is -2.33. The van der Waals surface area contributed by atoms with Crippen LogP contribution in [-0.4, -0.2) is 30.3 Å². The van der Waals surface area contributed by atoms with E-state index < -0.39 is 5.60 Å². The number of para-hydroxylation sites is 1. The highest BCUT2D eigenvalue weighted by Gasteiger charge is 2.22. The Balaban J connectivity index is 1.89. The first-order valence-electron chi connectivity index (χ1n) is 7.69. The topological polar surface area (TPSA) is 58.6 Å². The maximum absolute atomic E-state index is 12.2. The van der Waals surface area contributed by atoms with Gasteiger partial charge in [-0.2, -0.15) is 0 Å². The Morgan fingerprint density at radius 2 is 1.78 bits per heavy atom. The van der Waals surface area contributed by atoms with Crippen LogP contribution in [0.5, 0.6) is 5.75 Å². The minimum atomic E-state index is -0.965. The van der Waals surface area contributed by atoms with Crippen molar-refractivity contribution in [2.24, 2.45) is 0 Å². The van der Waals surface area contributed by atoms with Gasteiger partial charge in [-0.25, -0.2) is 0 Å². The van der Waals surface area contributed by atoms with Gasteiger partial charge in [0.15, 0.2) is 0 Å². The fourth-order valence-electron chi connectivity index (χ4n) is 2.34. The number of aryl methyl sites for hydroxylation is 1. The van der Waals surface area contributed by atoms with Crippen LogP contribution in [0.15, 0.2) is 54.6 Å². The number of hydrogen-bond acceptors (Lipinski definition) is 3. The summed E-state index contributed by atoms with van der Waals surface area (Å²) in [5, 5.41) is 13.2. The van der Waals surface area contributed by atoms with E-state index in [1.54, 1.807) is 25.1 Å². The molecule has 2 aromatic rings. The van der Waals surface area contributed by atoms with Crippen molar-refractivity contribution in [2.75, 3.05) is 13.7 Å². The van der Waals surface area contributed by atoms with Crippen molar-refractivity contribution in [2.45, 2.75) is 25.4 Å². The van der Waals surface area contributed by atoms with Crippen LogP contribution in [-0.2, 0) is 6.42 Å². The lowest BCUT2D eigenvalue weighted by molar-refractivity contribution is 0.0478. The summed E-state index contributed by atoms with van der Waals surface area (Å²) in [7, 11) is 1.53. The molecule has 23 heavy (non-hydrogen) atoms. The van der Waals surface area contributed by atoms with Gasteiger partial charge in [0.1, 0.15) is 5.75 Å². The molecule has 0 aromatic heterocycles. The minimum Gasteiger partial charge on any atom is -0.496 e. The summed E-state index contributed by atoms with van der Waals surface area (Å²) in [4.78, 5) is 12.2. The number of amides is 1. The zero-order valence-electron chi connectivity index (χ0n) is 13.6. The molecule has 2 N–H and O–H groups in total. The second-order valence-electron chi connectivity index (χ2n) is 5.87. The second kappa shape index (κ2) is 7.79. The largest absolute Gasteiger partial charge is 0.496 e. The Kier molecular flexibility index (Phi) is 5.77. The van der Waals surface area contributed by atoms with Gasteiger partial charge >= 0.3 is 0 Å². The number of carbonyl (C=O) groups excluding carboxylic acids is 1. The summed E-state index contributed by atoms with van der Waals surface area (Å²) in [6.45, 7) is 1.93. The number of benzene rings is 2. The second-order valence-corrected chi connectivity index (χ2v) is 5.87. The molecule has 0 fully saturated rings. The Bertz CT molecular complexity index is 638. The fraction of sp³-hybridized carbons (Fsp3) is 0.316. The zero-order valence-corrected chi connectivity index (χ0v) is 13.6. The van der Waals surface area contributed by atoms with Crippen molar-refractivity contribution >= 4 is 5.91 Å². The van der Waals surface area contributed by atoms with Crippen molar-refractivity contribution < 1.29 is 14.6 Å². The predicted octanol–water partition coefficient (Wildman–Crippen LogP) is 2.81. The van der Waals surface area contributed by atoms with Crippen molar-refractivity contribution in [3.63, 3.8) is 0 Å². The van der Waals surface area contributed by atoms with Gasteiger partial charge in [-0.3, -0.25) is 4.79 Å². The summed E-state index contributed by atoms with van der Waals surface area (Å²) in [5.74, 6) is 0.274. The van der Waals surface area contributed by atoms with E-state index in [4.69, 9.17) is 4.74 Å². The molecule has 4 heteroatoms. The van der Waals surface area contributed by atoms with Gasteiger partial charge in [-0.05, 0) is 37.5 Å². The highest BCUT2D eigenvalue weighted by atomic mass is 16.5. The molecule has 2 rings (SSSR count). The highest BCUT2D eigenvalue weighted by Crippen LogP contribution is 2.18. The molecule has 0 heterocycles. The first-order chi connectivity index (χ1) is 11.0. The monoisotopic (exact) mass is 313 g/mol. The smallest absolute Gasteiger partial charge is 0.255 e. The average Bonchev–Trinajstić information content (AvgIpc) is 2.59. The first kappa shape index (κ1) is 17.0. The van der Waals surface area contributed by atoms with Crippen LogP contribution in [0.2, 0.25) is 0 Å². The Morgan fingerprint density at radius 3 is 2.48 bits per heavy atom. The molecule has 0 bridgehead atoms. The lowest BCUT2D eigenvalue weighted by Gasteiger charge is -2.24. The van der Waals surface area contributed by atoms with Crippen LogP contribution in [0.3, 0.4) is 0 Å². The van der Waals surface area contributed by atoms with E-state index in [0.717, 1.165) is 6.42 Å². The normalized spacial score (nSPS) is 13.2. The molecule has 0 aliphatic rings. The number of nitrogens with one attached hydrogen (secondary N) is 1. The van der Waals surface area contributed by atoms with E-state index in [1.807, 2.05) is 36.4 Å². The van der Waals surface area contributed by atoms with Gasteiger partial charge in [-0.1, -0.05) is 42.5 Å². The molecule has 1 amide bonds. The number of methoxy groups -OCH3 is 1. The molecule has 4 nitrogen and oxygen atoms in total. The number of ether oxygens (including phenoxy) is 1. The van der Waals surface area contributed by atoms with Gasteiger partial charge in [0, 0.05) is 6.54 Å². The average molecular weight is 313 g/mol. The van der Waals surface area contributed by atoms with E-state index >= 15 is 0 Å². The molecule has 0 radical (unpaired) electrons. The molecular weight excluding hydrogens is 290 g/mol. The lowest BCUT2D eigenvalue weighted by atomic mass is 9.96. The maximum atomic E-state index is 12.2. The van der Waals surface area contributed by atoms with Gasteiger partial charge in [0.05, 0.1) is 18.3 Å². The molecule has 1 unspecified atom stereocenters. The molecule has 0 saturated carbocycles. The SMILES string of the molecule is COc1ccccc1C(=O)NCC(C)(O)CCc1ccccc1. The van der Waals surface area contributed by atoms with E-state index in [-0.39, 0.29) is 12.5 Å². The van der Waals surface area contributed by atoms with Crippen molar-refractivity contribution in [3.05, 3.63) is 65.7 Å². The van der Waals surface area contributed by atoms with Crippen LogP contribution in [0.1, 0.15) is 29.3 Å². The number of carbonyl (C=O) groups is 1. The zero-order chi connectivity index (χ0) is 16.7. The van der Waals surface area contributed by atoms with E-state index in [0.29, 0.717) is 17.7 Å². The van der Waals surface area contributed by atoms with Crippen LogP contribution >= 0.6 is 0 Å².